The molecule has 0 radical (unpaired) electrons. The van der Waals surface area contributed by atoms with Crippen LogP contribution in [0.4, 0.5) is 20.3 Å². The maximum absolute atomic E-state index is 12.7. The number of fused-ring (bicyclic) bond motifs is 2. The SMILES string of the molecule is CC(=O)c1cc2c(nc1OCC(F)F)N=C(N)Nc1c(ccc(CNC(=O)CO)c1Cl)C(C)(C)C2. The minimum absolute atomic E-state index is 0.0643. The van der Waals surface area contributed by atoms with Crippen LogP contribution in [0.3, 0.4) is 0 Å². The molecule has 1 aliphatic heterocycles. The Morgan fingerprint density at radius 2 is 2.09 bits per heavy atom. The number of hydrogen-bond donors (Lipinski definition) is 4. The van der Waals surface area contributed by atoms with E-state index in [-0.39, 0.29) is 29.8 Å². The molecule has 1 aliphatic rings. The number of halogens is 3. The highest BCUT2D eigenvalue weighted by atomic mass is 35.5. The number of nitrogens with two attached hydrogens (primary N) is 1. The minimum Gasteiger partial charge on any atom is -0.471 e. The number of benzene rings is 1. The lowest BCUT2D eigenvalue weighted by Gasteiger charge is -2.29. The normalized spacial score (nSPS) is 14.5. The van der Waals surface area contributed by atoms with E-state index in [0.717, 1.165) is 5.56 Å². The molecule has 2 aromatic rings. The molecular formula is C23H26ClF2N5O4. The van der Waals surface area contributed by atoms with Crippen LogP contribution in [-0.4, -0.2) is 47.4 Å². The lowest BCUT2D eigenvalue weighted by molar-refractivity contribution is -0.123. The second-order valence-electron chi connectivity index (χ2n) is 8.66. The summed E-state index contributed by atoms with van der Waals surface area (Å²) in [5, 5.41) is 14.8. The van der Waals surface area contributed by atoms with Crippen molar-refractivity contribution in [2.24, 2.45) is 10.7 Å². The number of hydrogen-bond acceptors (Lipinski definition) is 8. The van der Waals surface area contributed by atoms with Crippen LogP contribution in [0.5, 0.6) is 5.88 Å². The van der Waals surface area contributed by atoms with Crippen LogP contribution >= 0.6 is 11.6 Å². The van der Waals surface area contributed by atoms with Crippen molar-refractivity contribution < 1.29 is 28.2 Å². The van der Waals surface area contributed by atoms with E-state index >= 15 is 0 Å². The number of aliphatic imine (C=N–C) groups is 1. The lowest BCUT2D eigenvalue weighted by atomic mass is 9.77. The second-order valence-corrected chi connectivity index (χ2v) is 9.04. The Morgan fingerprint density at radius 3 is 2.71 bits per heavy atom. The van der Waals surface area contributed by atoms with Gasteiger partial charge >= 0.3 is 0 Å². The van der Waals surface area contributed by atoms with Gasteiger partial charge in [-0.25, -0.2) is 8.78 Å². The van der Waals surface area contributed by atoms with Gasteiger partial charge in [0.15, 0.2) is 24.2 Å². The number of pyridine rings is 1. The number of nitrogens with one attached hydrogen (secondary N) is 2. The number of guanidine groups is 1. The molecule has 0 atom stereocenters. The molecule has 9 nitrogen and oxygen atoms in total. The van der Waals surface area contributed by atoms with E-state index in [1.807, 2.05) is 19.9 Å². The van der Waals surface area contributed by atoms with Gasteiger partial charge in [0.05, 0.1) is 16.3 Å². The van der Waals surface area contributed by atoms with E-state index in [4.69, 9.17) is 27.2 Å². The predicted molar refractivity (Wildman–Crippen MR) is 128 cm³/mol. The third-order valence-electron chi connectivity index (χ3n) is 5.45. The number of ether oxygens (including phenoxy) is 1. The Morgan fingerprint density at radius 1 is 1.37 bits per heavy atom. The predicted octanol–water partition coefficient (Wildman–Crippen LogP) is 3.08. The molecule has 1 amide bonds. The second kappa shape index (κ2) is 10.5. The van der Waals surface area contributed by atoms with Crippen LogP contribution in [-0.2, 0) is 23.2 Å². The number of alkyl halides is 2. The fourth-order valence-electron chi connectivity index (χ4n) is 3.79. The molecule has 0 bridgehead atoms. The summed E-state index contributed by atoms with van der Waals surface area (Å²) in [4.78, 5) is 32.2. The summed E-state index contributed by atoms with van der Waals surface area (Å²) in [6.07, 6.45) is -2.39. The van der Waals surface area contributed by atoms with Crippen LogP contribution in [0.15, 0.2) is 23.2 Å². The highest BCUT2D eigenvalue weighted by Gasteiger charge is 2.30. The van der Waals surface area contributed by atoms with Crippen LogP contribution in [0.2, 0.25) is 5.02 Å². The van der Waals surface area contributed by atoms with Crippen molar-refractivity contribution >= 4 is 40.8 Å². The first-order chi connectivity index (χ1) is 16.4. The van der Waals surface area contributed by atoms with Crippen LogP contribution in [0.25, 0.3) is 0 Å². The molecule has 0 fully saturated rings. The van der Waals surface area contributed by atoms with Gasteiger partial charge in [-0.15, -0.1) is 0 Å². The van der Waals surface area contributed by atoms with Crippen LogP contribution < -0.4 is 21.1 Å². The third-order valence-corrected chi connectivity index (χ3v) is 5.88. The molecule has 12 heteroatoms. The summed E-state index contributed by atoms with van der Waals surface area (Å²) in [6.45, 7) is 3.72. The summed E-state index contributed by atoms with van der Waals surface area (Å²) < 4.78 is 30.5. The fourth-order valence-corrected chi connectivity index (χ4v) is 4.07. The average Bonchev–Trinajstić information content (AvgIpc) is 2.81. The topological polar surface area (TPSA) is 139 Å². The first-order valence-electron chi connectivity index (χ1n) is 10.7. The Bertz CT molecular complexity index is 1190. The number of carbonyl (C=O) groups excluding carboxylic acids is 2. The molecule has 3 rings (SSSR count). The van der Waals surface area contributed by atoms with Crippen LogP contribution in [0, 0.1) is 0 Å². The molecule has 35 heavy (non-hydrogen) atoms. The van der Waals surface area contributed by atoms with Gasteiger partial charge in [0.2, 0.25) is 11.8 Å². The number of Topliss-reactive ketones (excluding diaryl/α,β-unsaturated/α-hetero) is 1. The summed E-state index contributed by atoms with van der Waals surface area (Å²) in [5.74, 6) is -1.15. The van der Waals surface area contributed by atoms with E-state index < -0.39 is 36.7 Å². The zero-order chi connectivity index (χ0) is 25.9. The van der Waals surface area contributed by atoms with Gasteiger partial charge in [-0.3, -0.25) is 9.59 Å². The third kappa shape index (κ3) is 6.04. The van der Waals surface area contributed by atoms with E-state index in [2.05, 4.69) is 20.6 Å². The smallest absolute Gasteiger partial charge is 0.272 e. The van der Waals surface area contributed by atoms with Crippen LogP contribution in [0.1, 0.15) is 47.8 Å². The highest BCUT2D eigenvalue weighted by molar-refractivity contribution is 6.34. The number of nitrogens with zero attached hydrogens (tertiary/aromatic N) is 2. The number of aromatic nitrogens is 1. The van der Waals surface area contributed by atoms with Crippen molar-refractivity contribution in [2.75, 3.05) is 18.5 Å². The molecular weight excluding hydrogens is 484 g/mol. The number of anilines is 1. The number of amides is 1. The molecule has 0 saturated heterocycles. The Labute approximate surface area is 205 Å². The van der Waals surface area contributed by atoms with Gasteiger partial charge in [0.25, 0.3) is 6.43 Å². The standard InChI is InChI=1S/C23H26ClF2N5O4/c1-11(33)14-6-13-7-23(2,3)15-5-4-12(8-28-17(34)9-32)18(24)19(15)29-22(27)31-20(13)30-21(14)35-10-16(25)26/h4-6,16,32H,7-10H2,1-3H3,(H,28,34)(H3,27,29,30,31). The van der Waals surface area contributed by atoms with Gasteiger partial charge in [0, 0.05) is 6.54 Å². The van der Waals surface area contributed by atoms with Crippen molar-refractivity contribution in [3.63, 3.8) is 0 Å². The molecule has 5 N–H and O–H groups in total. The first-order valence-corrected chi connectivity index (χ1v) is 11.1. The summed E-state index contributed by atoms with van der Waals surface area (Å²) >= 11 is 6.66. The summed E-state index contributed by atoms with van der Waals surface area (Å²) in [7, 11) is 0. The van der Waals surface area contributed by atoms with Gasteiger partial charge < -0.3 is 26.2 Å². The van der Waals surface area contributed by atoms with Gasteiger partial charge in [-0.1, -0.05) is 37.6 Å². The first kappa shape index (κ1) is 26.3. The van der Waals surface area contributed by atoms with E-state index in [0.29, 0.717) is 28.3 Å². The van der Waals surface area contributed by atoms with Gasteiger partial charge in [0.1, 0.15) is 6.61 Å². The lowest BCUT2D eigenvalue weighted by Crippen LogP contribution is -2.28. The van der Waals surface area contributed by atoms with Crippen molar-refractivity contribution in [1.82, 2.24) is 10.3 Å². The van der Waals surface area contributed by atoms with Crippen molar-refractivity contribution in [3.8, 4) is 5.88 Å². The zero-order valence-electron chi connectivity index (χ0n) is 19.4. The number of ketones is 1. The molecule has 0 saturated carbocycles. The molecule has 1 aromatic heterocycles. The maximum Gasteiger partial charge on any atom is 0.272 e. The van der Waals surface area contributed by atoms with Crippen molar-refractivity contribution in [3.05, 3.63) is 45.5 Å². The Hall–Kier alpha value is -3.31. The van der Waals surface area contributed by atoms with E-state index in [1.54, 1.807) is 6.07 Å². The minimum atomic E-state index is -2.75. The largest absolute Gasteiger partial charge is 0.471 e. The number of aliphatic hydroxyl groups excluding tert-OH is 1. The van der Waals surface area contributed by atoms with E-state index in [9.17, 15) is 18.4 Å². The van der Waals surface area contributed by atoms with E-state index in [1.165, 1.54) is 13.0 Å². The van der Waals surface area contributed by atoms with Gasteiger partial charge in [-0.2, -0.15) is 9.98 Å². The number of aliphatic hydroxyl groups is 1. The average molecular weight is 510 g/mol. The fraction of sp³-hybridized carbons (Fsp3) is 0.391. The number of carbonyl (C=O) groups is 2. The summed E-state index contributed by atoms with van der Waals surface area (Å²) in [6, 6.07) is 5.14. The van der Waals surface area contributed by atoms with Crippen molar-refractivity contribution in [1.29, 1.82) is 0 Å². The Balaban J connectivity index is 2.11. The monoisotopic (exact) mass is 509 g/mol. The van der Waals surface area contributed by atoms with Crippen molar-refractivity contribution in [2.45, 2.75) is 45.6 Å². The Kier molecular flexibility index (Phi) is 7.91. The molecule has 0 unspecified atom stereocenters. The quantitative estimate of drug-likeness (QED) is 0.420. The van der Waals surface area contributed by atoms with Gasteiger partial charge in [-0.05, 0) is 41.5 Å². The molecule has 0 spiro atoms. The molecule has 2 heterocycles. The summed E-state index contributed by atoms with van der Waals surface area (Å²) in [5.41, 5.74) is 8.03. The molecule has 188 valence electrons. The zero-order valence-corrected chi connectivity index (χ0v) is 20.2. The molecule has 0 aliphatic carbocycles. The highest BCUT2D eigenvalue weighted by Crippen LogP contribution is 2.41. The number of rotatable bonds is 7. The molecule has 1 aromatic carbocycles. The maximum atomic E-state index is 12.7.